The van der Waals surface area contributed by atoms with Gasteiger partial charge in [-0.2, -0.15) is 0 Å². The molecular weight excluding hydrogens is 410 g/mol. The number of ether oxygens (including phenoxy) is 2. The molecule has 0 atom stereocenters. The van der Waals surface area contributed by atoms with E-state index in [-0.39, 0.29) is 11.8 Å². The molecule has 0 radical (unpaired) electrons. The number of aromatic nitrogens is 1. The number of nitrogens with zero attached hydrogens (tertiary/aromatic N) is 2. The molecule has 1 aliphatic heterocycles. The SMILES string of the molecule is COc1ccc2sc(N3CC(C(=O)Nc4ccccc4Oc4ccccc4)C3)nc2c1. The summed E-state index contributed by atoms with van der Waals surface area (Å²) in [6, 6.07) is 22.9. The lowest BCUT2D eigenvalue weighted by molar-refractivity contribution is -0.120. The Morgan fingerprint density at radius 3 is 2.61 bits per heavy atom. The van der Waals surface area contributed by atoms with Crippen molar-refractivity contribution in [2.24, 2.45) is 5.92 Å². The van der Waals surface area contributed by atoms with Gasteiger partial charge in [0.1, 0.15) is 11.5 Å². The molecule has 1 aliphatic rings. The Kier molecular flexibility index (Phi) is 5.18. The minimum absolute atomic E-state index is 0.0110. The topological polar surface area (TPSA) is 63.7 Å². The van der Waals surface area contributed by atoms with E-state index in [0.717, 1.165) is 26.8 Å². The fourth-order valence-electron chi connectivity index (χ4n) is 3.47. The quantitative estimate of drug-likeness (QED) is 0.456. The Bertz CT molecular complexity index is 1220. The molecule has 4 aromatic rings. The van der Waals surface area contributed by atoms with Gasteiger partial charge in [-0.1, -0.05) is 41.7 Å². The highest BCUT2D eigenvalue weighted by Gasteiger charge is 2.34. The zero-order valence-electron chi connectivity index (χ0n) is 16.9. The maximum Gasteiger partial charge on any atom is 0.231 e. The van der Waals surface area contributed by atoms with Gasteiger partial charge in [0, 0.05) is 19.2 Å². The highest BCUT2D eigenvalue weighted by molar-refractivity contribution is 7.22. The van der Waals surface area contributed by atoms with Crippen molar-refractivity contribution in [3.8, 4) is 17.2 Å². The van der Waals surface area contributed by atoms with Crippen LogP contribution in [0.2, 0.25) is 0 Å². The summed E-state index contributed by atoms with van der Waals surface area (Å²) in [5.41, 5.74) is 1.58. The lowest BCUT2D eigenvalue weighted by Crippen LogP contribution is -2.52. The van der Waals surface area contributed by atoms with E-state index in [2.05, 4.69) is 10.2 Å². The van der Waals surface area contributed by atoms with E-state index in [1.165, 1.54) is 0 Å². The van der Waals surface area contributed by atoms with Crippen molar-refractivity contribution >= 4 is 38.3 Å². The van der Waals surface area contributed by atoms with Crippen LogP contribution >= 0.6 is 11.3 Å². The van der Waals surface area contributed by atoms with Gasteiger partial charge in [-0.05, 0) is 36.4 Å². The van der Waals surface area contributed by atoms with E-state index in [1.807, 2.05) is 72.8 Å². The first-order valence-corrected chi connectivity index (χ1v) is 10.8. The summed E-state index contributed by atoms with van der Waals surface area (Å²) in [4.78, 5) is 19.6. The minimum atomic E-state index is -0.0914. The van der Waals surface area contributed by atoms with Crippen molar-refractivity contribution in [3.63, 3.8) is 0 Å². The van der Waals surface area contributed by atoms with Crippen LogP contribution in [0.5, 0.6) is 17.2 Å². The molecule has 1 amide bonds. The summed E-state index contributed by atoms with van der Waals surface area (Å²) in [5, 5.41) is 3.95. The fourth-order valence-corrected chi connectivity index (χ4v) is 4.43. The lowest BCUT2D eigenvalue weighted by Gasteiger charge is -2.38. The van der Waals surface area contributed by atoms with Crippen LogP contribution in [0.25, 0.3) is 10.2 Å². The molecule has 1 aromatic heterocycles. The zero-order chi connectivity index (χ0) is 21.2. The molecule has 156 valence electrons. The van der Waals surface area contributed by atoms with Gasteiger partial charge in [-0.15, -0.1) is 0 Å². The van der Waals surface area contributed by atoms with E-state index in [1.54, 1.807) is 18.4 Å². The normalized spacial score (nSPS) is 13.6. The molecule has 2 heterocycles. The number of anilines is 2. The van der Waals surface area contributed by atoms with Crippen LogP contribution < -0.4 is 19.7 Å². The highest BCUT2D eigenvalue weighted by atomic mass is 32.1. The first kappa shape index (κ1) is 19.4. The van der Waals surface area contributed by atoms with E-state index >= 15 is 0 Å². The Balaban J connectivity index is 1.23. The molecule has 6 nitrogen and oxygen atoms in total. The molecule has 0 spiro atoms. The number of methoxy groups -OCH3 is 1. The molecule has 0 aliphatic carbocycles. The van der Waals surface area contributed by atoms with Crippen molar-refractivity contribution in [2.75, 3.05) is 30.4 Å². The second-order valence-electron chi connectivity index (χ2n) is 7.33. The number of para-hydroxylation sites is 3. The third kappa shape index (κ3) is 4.04. The van der Waals surface area contributed by atoms with E-state index in [0.29, 0.717) is 24.5 Å². The average Bonchev–Trinajstić information content (AvgIpc) is 3.17. The number of carbonyl (C=O) groups excluding carboxylic acids is 1. The summed E-state index contributed by atoms with van der Waals surface area (Å²) in [5.74, 6) is 2.04. The number of thiazole rings is 1. The zero-order valence-corrected chi connectivity index (χ0v) is 17.8. The molecule has 1 saturated heterocycles. The predicted octanol–water partition coefficient (Wildman–Crippen LogP) is 5.17. The Morgan fingerprint density at radius 2 is 1.81 bits per heavy atom. The van der Waals surface area contributed by atoms with Gasteiger partial charge < -0.3 is 19.7 Å². The smallest absolute Gasteiger partial charge is 0.231 e. The Hall–Kier alpha value is -3.58. The van der Waals surface area contributed by atoms with Crippen LogP contribution in [0.1, 0.15) is 0 Å². The largest absolute Gasteiger partial charge is 0.497 e. The third-order valence-electron chi connectivity index (χ3n) is 5.22. The van der Waals surface area contributed by atoms with Gasteiger partial charge in [0.2, 0.25) is 5.91 Å². The van der Waals surface area contributed by atoms with Crippen LogP contribution in [-0.2, 0) is 4.79 Å². The number of hydrogen-bond acceptors (Lipinski definition) is 6. The lowest BCUT2D eigenvalue weighted by atomic mass is 10.00. The number of carbonyl (C=O) groups is 1. The molecule has 1 N–H and O–H groups in total. The summed E-state index contributed by atoms with van der Waals surface area (Å²) in [7, 11) is 1.65. The number of rotatable bonds is 6. The molecule has 1 fully saturated rings. The maximum atomic E-state index is 12.8. The number of fused-ring (bicyclic) bond motifs is 1. The fraction of sp³-hybridized carbons (Fsp3) is 0.167. The predicted molar refractivity (Wildman–Crippen MR) is 123 cm³/mol. The average molecular weight is 432 g/mol. The van der Waals surface area contributed by atoms with Gasteiger partial charge in [-0.25, -0.2) is 4.98 Å². The van der Waals surface area contributed by atoms with Gasteiger partial charge in [0.05, 0.1) is 28.9 Å². The van der Waals surface area contributed by atoms with Crippen LogP contribution in [-0.4, -0.2) is 31.1 Å². The second kappa shape index (κ2) is 8.28. The van der Waals surface area contributed by atoms with E-state index in [9.17, 15) is 4.79 Å². The second-order valence-corrected chi connectivity index (χ2v) is 8.34. The van der Waals surface area contributed by atoms with E-state index < -0.39 is 0 Å². The summed E-state index contributed by atoms with van der Waals surface area (Å²) in [6.45, 7) is 1.29. The van der Waals surface area contributed by atoms with Crippen molar-refractivity contribution < 1.29 is 14.3 Å². The molecule has 0 saturated carbocycles. The molecule has 3 aromatic carbocycles. The standard InChI is InChI=1S/C24H21N3O3S/c1-29-18-11-12-22-20(13-18)26-24(31-22)27-14-16(15-27)23(28)25-19-9-5-6-10-21(19)30-17-7-3-2-4-8-17/h2-13,16H,14-15H2,1H3,(H,25,28). The monoisotopic (exact) mass is 431 g/mol. The number of hydrogen-bond donors (Lipinski definition) is 1. The van der Waals surface area contributed by atoms with Gasteiger partial charge >= 0.3 is 0 Å². The molecular formula is C24H21N3O3S. The number of benzene rings is 3. The summed E-state index contributed by atoms with van der Waals surface area (Å²) >= 11 is 1.63. The molecule has 5 rings (SSSR count). The van der Waals surface area contributed by atoms with Crippen molar-refractivity contribution in [1.82, 2.24) is 4.98 Å². The minimum Gasteiger partial charge on any atom is -0.497 e. The van der Waals surface area contributed by atoms with Crippen LogP contribution in [0, 0.1) is 5.92 Å². The Morgan fingerprint density at radius 1 is 1.03 bits per heavy atom. The van der Waals surface area contributed by atoms with Crippen molar-refractivity contribution in [3.05, 3.63) is 72.8 Å². The van der Waals surface area contributed by atoms with Crippen LogP contribution in [0.4, 0.5) is 10.8 Å². The summed E-state index contributed by atoms with van der Waals surface area (Å²) in [6.07, 6.45) is 0. The highest BCUT2D eigenvalue weighted by Crippen LogP contribution is 2.35. The molecule has 31 heavy (non-hydrogen) atoms. The maximum absolute atomic E-state index is 12.8. The first-order chi connectivity index (χ1) is 15.2. The van der Waals surface area contributed by atoms with Crippen molar-refractivity contribution in [2.45, 2.75) is 0 Å². The van der Waals surface area contributed by atoms with Crippen LogP contribution in [0.3, 0.4) is 0 Å². The van der Waals surface area contributed by atoms with Crippen LogP contribution in [0.15, 0.2) is 72.8 Å². The molecule has 0 unspecified atom stereocenters. The Labute approximate surface area is 184 Å². The molecule has 0 bridgehead atoms. The first-order valence-electron chi connectivity index (χ1n) is 10.0. The van der Waals surface area contributed by atoms with Crippen molar-refractivity contribution in [1.29, 1.82) is 0 Å². The number of amides is 1. The van der Waals surface area contributed by atoms with Gasteiger partial charge in [0.15, 0.2) is 10.9 Å². The summed E-state index contributed by atoms with van der Waals surface area (Å²) < 4.78 is 12.3. The third-order valence-corrected chi connectivity index (χ3v) is 6.32. The van der Waals surface area contributed by atoms with E-state index in [4.69, 9.17) is 14.5 Å². The van der Waals surface area contributed by atoms with Gasteiger partial charge in [-0.3, -0.25) is 4.79 Å². The van der Waals surface area contributed by atoms with Gasteiger partial charge in [0.25, 0.3) is 0 Å². The molecule has 7 heteroatoms. The number of nitrogens with one attached hydrogen (secondary N) is 1.